The highest BCUT2D eigenvalue weighted by Gasteiger charge is 2.16. The first-order valence-corrected chi connectivity index (χ1v) is 8.42. The van der Waals surface area contributed by atoms with Gasteiger partial charge in [0.05, 0.1) is 5.52 Å². The van der Waals surface area contributed by atoms with Crippen LogP contribution < -0.4 is 5.32 Å². The fourth-order valence-electron chi connectivity index (χ4n) is 2.89. The Bertz CT molecular complexity index is 906. The summed E-state index contributed by atoms with van der Waals surface area (Å²) in [5.41, 5.74) is 4.03. The smallest absolute Gasteiger partial charge is 0.251 e. The van der Waals surface area contributed by atoms with E-state index in [1.165, 1.54) is 6.07 Å². The van der Waals surface area contributed by atoms with E-state index in [1.54, 1.807) is 24.5 Å². The van der Waals surface area contributed by atoms with Crippen molar-refractivity contribution in [3.63, 3.8) is 0 Å². The summed E-state index contributed by atoms with van der Waals surface area (Å²) in [6.45, 7) is 4.35. The Morgan fingerprint density at radius 2 is 2.04 bits per heavy atom. The first-order chi connectivity index (χ1) is 11.5. The summed E-state index contributed by atoms with van der Waals surface area (Å²) < 4.78 is 14.9. The first kappa shape index (κ1) is 16.6. The minimum absolute atomic E-state index is 0.140. The maximum Gasteiger partial charge on any atom is 0.251 e. The molecule has 0 fully saturated rings. The van der Waals surface area contributed by atoms with Crippen molar-refractivity contribution in [2.75, 3.05) is 6.54 Å². The molecule has 0 saturated heterocycles. The number of fused-ring (bicyclic) bond motifs is 1. The van der Waals surface area contributed by atoms with E-state index in [2.05, 4.69) is 31.2 Å². The number of benzene rings is 1. The summed E-state index contributed by atoms with van der Waals surface area (Å²) in [5.74, 6) is -0.420. The Hall–Kier alpha value is -2.21. The molecule has 124 valence electrons. The van der Waals surface area contributed by atoms with Gasteiger partial charge in [-0.05, 0) is 49.6 Å². The lowest BCUT2D eigenvalue weighted by atomic mass is 10.0. The van der Waals surface area contributed by atoms with Gasteiger partial charge in [0.25, 0.3) is 5.91 Å². The molecule has 3 rings (SSSR count). The molecule has 1 aromatic carbocycles. The van der Waals surface area contributed by atoms with Gasteiger partial charge in [0.1, 0.15) is 5.82 Å². The molecule has 0 saturated carbocycles. The van der Waals surface area contributed by atoms with Crippen LogP contribution in [-0.4, -0.2) is 22.4 Å². The molecule has 0 unspecified atom stereocenters. The minimum atomic E-state index is -0.280. The maximum absolute atomic E-state index is 14.2. The van der Waals surface area contributed by atoms with Crippen LogP contribution in [-0.2, 0) is 6.42 Å². The van der Waals surface area contributed by atoms with Crippen LogP contribution in [0, 0.1) is 19.7 Å². The third-order valence-corrected chi connectivity index (χ3v) is 4.97. The lowest BCUT2D eigenvalue weighted by molar-refractivity contribution is 0.0954. The van der Waals surface area contributed by atoms with Gasteiger partial charge in [0, 0.05) is 40.1 Å². The number of aromatic nitrogens is 2. The molecule has 2 aromatic heterocycles. The van der Waals surface area contributed by atoms with E-state index >= 15 is 0 Å². The van der Waals surface area contributed by atoms with Crippen molar-refractivity contribution in [1.82, 2.24) is 15.3 Å². The molecule has 4 nitrogen and oxygen atoms in total. The van der Waals surface area contributed by atoms with Gasteiger partial charge < -0.3 is 10.3 Å². The number of pyridine rings is 1. The topological polar surface area (TPSA) is 57.8 Å². The summed E-state index contributed by atoms with van der Waals surface area (Å²) in [4.78, 5) is 19.1. The van der Waals surface area contributed by atoms with E-state index < -0.39 is 0 Å². The molecule has 0 aliphatic rings. The lowest BCUT2D eigenvalue weighted by Crippen LogP contribution is -2.25. The zero-order chi connectivity index (χ0) is 17.3. The molecule has 24 heavy (non-hydrogen) atoms. The predicted molar refractivity (Wildman–Crippen MR) is 95.7 cm³/mol. The normalized spacial score (nSPS) is 11.0. The molecule has 0 aliphatic heterocycles. The zero-order valence-corrected chi connectivity index (χ0v) is 15.0. The Kier molecular flexibility index (Phi) is 4.66. The molecule has 0 atom stereocenters. The summed E-state index contributed by atoms with van der Waals surface area (Å²) in [6, 6.07) is 4.81. The van der Waals surface area contributed by atoms with E-state index in [4.69, 9.17) is 0 Å². The molecule has 0 spiro atoms. The third-order valence-electron chi connectivity index (χ3n) is 4.15. The molecule has 0 bridgehead atoms. The number of hydrogen-bond donors (Lipinski definition) is 2. The van der Waals surface area contributed by atoms with Crippen molar-refractivity contribution >= 4 is 32.7 Å². The second kappa shape index (κ2) is 6.73. The molecule has 3 aromatic rings. The fourth-order valence-corrected chi connectivity index (χ4v) is 3.29. The van der Waals surface area contributed by atoms with Crippen molar-refractivity contribution in [3.05, 3.63) is 63.3 Å². The number of halogens is 2. The summed E-state index contributed by atoms with van der Waals surface area (Å²) in [7, 11) is 0. The van der Waals surface area contributed by atoms with Crippen LogP contribution in [0.4, 0.5) is 4.39 Å². The molecule has 0 aliphatic carbocycles. The highest BCUT2D eigenvalue weighted by Crippen LogP contribution is 2.32. The van der Waals surface area contributed by atoms with Gasteiger partial charge >= 0.3 is 0 Å². The van der Waals surface area contributed by atoms with Crippen LogP contribution >= 0.6 is 15.9 Å². The van der Waals surface area contributed by atoms with E-state index in [0.29, 0.717) is 24.0 Å². The van der Waals surface area contributed by atoms with Gasteiger partial charge in [-0.15, -0.1) is 0 Å². The van der Waals surface area contributed by atoms with Gasteiger partial charge in [-0.25, -0.2) is 4.39 Å². The molecular formula is C18H17BrFN3O. The maximum atomic E-state index is 14.2. The molecular weight excluding hydrogens is 373 g/mol. The number of H-pyrrole nitrogens is 1. The van der Waals surface area contributed by atoms with E-state index in [9.17, 15) is 9.18 Å². The van der Waals surface area contributed by atoms with E-state index in [0.717, 1.165) is 26.7 Å². The van der Waals surface area contributed by atoms with Crippen LogP contribution in [0.3, 0.4) is 0 Å². The quantitative estimate of drug-likeness (QED) is 0.706. The monoisotopic (exact) mass is 389 g/mol. The van der Waals surface area contributed by atoms with Crippen molar-refractivity contribution < 1.29 is 9.18 Å². The number of carbonyl (C=O) groups is 1. The van der Waals surface area contributed by atoms with Gasteiger partial charge in [0.15, 0.2) is 0 Å². The second-order valence-corrected chi connectivity index (χ2v) is 6.54. The van der Waals surface area contributed by atoms with Gasteiger partial charge in [-0.1, -0.05) is 15.9 Å². The summed E-state index contributed by atoms with van der Waals surface area (Å²) in [6.07, 6.45) is 3.80. The molecule has 1 amide bonds. The Labute approximate surface area is 147 Å². The number of nitrogens with zero attached hydrogens (tertiary/aromatic N) is 1. The van der Waals surface area contributed by atoms with E-state index in [-0.39, 0.29) is 11.7 Å². The lowest BCUT2D eigenvalue weighted by Gasteiger charge is -2.08. The van der Waals surface area contributed by atoms with Crippen molar-refractivity contribution in [2.45, 2.75) is 20.3 Å². The number of nitrogens with one attached hydrogen (secondary N) is 2. The molecule has 2 N–H and O–H groups in total. The molecule has 2 heterocycles. The SMILES string of the molecule is Cc1[nH]c2c(F)cc(Br)c(C)c2c1CCNC(=O)c1ccncc1. The zero-order valence-electron chi connectivity index (χ0n) is 13.4. The highest BCUT2D eigenvalue weighted by molar-refractivity contribution is 9.10. The largest absolute Gasteiger partial charge is 0.356 e. The van der Waals surface area contributed by atoms with Gasteiger partial charge in [0.2, 0.25) is 0 Å². The third kappa shape index (κ3) is 3.06. The number of carbonyl (C=O) groups excluding carboxylic acids is 1. The highest BCUT2D eigenvalue weighted by atomic mass is 79.9. The van der Waals surface area contributed by atoms with Crippen molar-refractivity contribution in [2.24, 2.45) is 0 Å². The van der Waals surface area contributed by atoms with Crippen LogP contribution in [0.1, 0.15) is 27.2 Å². The van der Waals surface area contributed by atoms with Crippen LogP contribution in [0.5, 0.6) is 0 Å². The van der Waals surface area contributed by atoms with Crippen molar-refractivity contribution in [3.8, 4) is 0 Å². The fraction of sp³-hybridized carbons (Fsp3) is 0.222. The predicted octanol–water partition coefficient (Wildman–Crippen LogP) is 4.05. The average molecular weight is 390 g/mol. The second-order valence-electron chi connectivity index (χ2n) is 5.69. The number of rotatable bonds is 4. The van der Waals surface area contributed by atoms with Crippen molar-refractivity contribution in [1.29, 1.82) is 0 Å². The number of hydrogen-bond acceptors (Lipinski definition) is 2. The Morgan fingerprint density at radius 1 is 1.33 bits per heavy atom. The number of aryl methyl sites for hydroxylation is 2. The van der Waals surface area contributed by atoms with Gasteiger partial charge in [-0.3, -0.25) is 9.78 Å². The number of amides is 1. The first-order valence-electron chi connectivity index (χ1n) is 7.63. The molecule has 6 heteroatoms. The van der Waals surface area contributed by atoms with Crippen LogP contribution in [0.2, 0.25) is 0 Å². The average Bonchev–Trinajstić information content (AvgIpc) is 2.91. The number of aromatic amines is 1. The van der Waals surface area contributed by atoms with Crippen LogP contribution in [0.15, 0.2) is 35.1 Å². The Morgan fingerprint density at radius 3 is 2.75 bits per heavy atom. The standard InChI is InChI=1S/C18H17BrFN3O/c1-10-14(19)9-15(20)17-16(10)13(11(2)23-17)5-8-22-18(24)12-3-6-21-7-4-12/h3-4,6-7,9,23H,5,8H2,1-2H3,(H,22,24). The summed E-state index contributed by atoms with van der Waals surface area (Å²) >= 11 is 3.40. The summed E-state index contributed by atoms with van der Waals surface area (Å²) in [5, 5.41) is 3.78. The minimum Gasteiger partial charge on any atom is -0.356 e. The Balaban J connectivity index is 1.81. The van der Waals surface area contributed by atoms with Gasteiger partial charge in [-0.2, -0.15) is 0 Å². The van der Waals surface area contributed by atoms with E-state index in [1.807, 2.05) is 13.8 Å². The van der Waals surface area contributed by atoms with Crippen LogP contribution in [0.25, 0.3) is 10.9 Å². The molecule has 0 radical (unpaired) electrons.